The molecule has 2 aromatic rings. The van der Waals surface area contributed by atoms with Crippen LogP contribution in [0.25, 0.3) is 10.2 Å². The average Bonchev–Trinajstić information content (AvgIpc) is 2.72. The van der Waals surface area contributed by atoms with Crippen molar-refractivity contribution in [2.45, 2.75) is 6.92 Å². The van der Waals surface area contributed by atoms with Crippen LogP contribution in [0.15, 0.2) is 6.33 Å². The van der Waals surface area contributed by atoms with Gasteiger partial charge in [-0.05, 0) is 12.5 Å². The Morgan fingerprint density at radius 3 is 2.71 bits per heavy atom. The third-order valence-electron chi connectivity index (χ3n) is 2.70. The minimum atomic E-state index is -3.23. The molecule has 0 fully saturated rings. The Kier molecular flexibility index (Phi) is 4.40. The van der Waals surface area contributed by atoms with Gasteiger partial charge in [-0.3, -0.25) is 0 Å². The first-order valence-corrected chi connectivity index (χ1v) is 8.66. The lowest BCUT2D eigenvalue weighted by molar-refractivity contribution is 0.0701. The zero-order chi connectivity index (χ0) is 15.6. The second-order valence-electron chi connectivity index (χ2n) is 4.36. The van der Waals surface area contributed by atoms with Crippen LogP contribution in [-0.4, -0.2) is 48.8 Å². The molecule has 0 aliphatic carbocycles. The van der Waals surface area contributed by atoms with E-state index in [-0.39, 0.29) is 11.4 Å². The maximum absolute atomic E-state index is 11.1. The van der Waals surface area contributed by atoms with E-state index in [0.717, 1.165) is 17.6 Å². The Labute approximate surface area is 125 Å². The molecule has 21 heavy (non-hydrogen) atoms. The molecule has 0 aliphatic rings. The second-order valence-corrected chi connectivity index (χ2v) is 7.19. The molecule has 0 aliphatic heterocycles. The number of aromatic carboxylic acids is 1. The van der Waals surface area contributed by atoms with Crippen LogP contribution in [0.4, 0.5) is 5.82 Å². The highest BCUT2D eigenvalue weighted by atomic mass is 32.2. The van der Waals surface area contributed by atoms with Gasteiger partial charge in [0.1, 0.15) is 21.9 Å². The Hall–Kier alpha value is -1.78. The van der Waals surface area contributed by atoms with Crippen molar-refractivity contribution in [1.82, 2.24) is 14.7 Å². The largest absolute Gasteiger partial charge is 0.477 e. The summed E-state index contributed by atoms with van der Waals surface area (Å²) < 4.78 is 24.3. The SMILES string of the molecule is Cc1c(C(=O)O)sc2ncnc(NCCNS(C)(=O)=O)c12. The maximum atomic E-state index is 11.1. The summed E-state index contributed by atoms with van der Waals surface area (Å²) in [5.74, 6) is -0.503. The number of hydrogen-bond acceptors (Lipinski definition) is 7. The third-order valence-corrected chi connectivity index (χ3v) is 4.62. The lowest BCUT2D eigenvalue weighted by Crippen LogP contribution is -2.27. The molecule has 0 radical (unpaired) electrons. The Morgan fingerprint density at radius 2 is 2.10 bits per heavy atom. The fourth-order valence-electron chi connectivity index (χ4n) is 1.83. The highest BCUT2D eigenvalue weighted by Gasteiger charge is 2.18. The van der Waals surface area contributed by atoms with Gasteiger partial charge >= 0.3 is 5.97 Å². The number of aryl methyl sites for hydroxylation is 1. The number of hydrogen-bond donors (Lipinski definition) is 3. The van der Waals surface area contributed by atoms with Gasteiger partial charge in [-0.25, -0.2) is 27.9 Å². The van der Waals surface area contributed by atoms with Crippen molar-refractivity contribution in [3.05, 3.63) is 16.8 Å². The Balaban J connectivity index is 2.22. The molecule has 0 aromatic carbocycles. The topological polar surface area (TPSA) is 121 Å². The lowest BCUT2D eigenvalue weighted by atomic mass is 10.2. The Morgan fingerprint density at radius 1 is 1.38 bits per heavy atom. The van der Waals surface area contributed by atoms with E-state index in [9.17, 15) is 13.2 Å². The molecule has 0 amide bonds. The van der Waals surface area contributed by atoms with E-state index in [1.807, 2.05) is 0 Å². The summed E-state index contributed by atoms with van der Waals surface area (Å²) in [6.45, 7) is 2.24. The molecule has 3 N–H and O–H groups in total. The van der Waals surface area contributed by atoms with Gasteiger partial charge in [0.25, 0.3) is 0 Å². The van der Waals surface area contributed by atoms with Crippen molar-refractivity contribution in [1.29, 1.82) is 0 Å². The van der Waals surface area contributed by atoms with Gasteiger partial charge in [0.05, 0.1) is 11.6 Å². The molecule has 2 rings (SSSR count). The molecule has 0 spiro atoms. The summed E-state index contributed by atoms with van der Waals surface area (Å²) in [6, 6.07) is 0. The molecule has 0 saturated carbocycles. The number of sulfonamides is 1. The molecule has 8 nitrogen and oxygen atoms in total. The highest BCUT2D eigenvalue weighted by Crippen LogP contribution is 2.32. The van der Waals surface area contributed by atoms with E-state index in [4.69, 9.17) is 5.11 Å². The molecule has 2 heterocycles. The number of thiophene rings is 1. The number of aromatic nitrogens is 2. The van der Waals surface area contributed by atoms with Crippen LogP contribution in [0.3, 0.4) is 0 Å². The number of carbonyl (C=O) groups is 1. The number of rotatable bonds is 6. The van der Waals surface area contributed by atoms with E-state index in [0.29, 0.717) is 28.1 Å². The second kappa shape index (κ2) is 5.92. The molecule has 10 heteroatoms. The van der Waals surface area contributed by atoms with Crippen LogP contribution in [-0.2, 0) is 10.0 Å². The molecular formula is C11H14N4O4S2. The van der Waals surface area contributed by atoms with Crippen molar-refractivity contribution in [2.75, 3.05) is 24.7 Å². The van der Waals surface area contributed by atoms with Gasteiger partial charge in [0, 0.05) is 13.1 Å². The summed E-state index contributed by atoms with van der Waals surface area (Å²) in [4.78, 5) is 20.1. The van der Waals surface area contributed by atoms with Crippen LogP contribution in [0.2, 0.25) is 0 Å². The molecule has 114 valence electrons. The smallest absolute Gasteiger partial charge is 0.346 e. The standard InChI is InChI=1S/C11H14N4O4S2/c1-6-7-9(12-3-4-15-21(2,18)19)13-5-14-10(7)20-8(6)11(16)17/h5,15H,3-4H2,1-2H3,(H,16,17)(H,12,13,14). The van der Waals surface area contributed by atoms with Crippen molar-refractivity contribution >= 4 is 43.4 Å². The van der Waals surface area contributed by atoms with Gasteiger partial charge in [-0.1, -0.05) is 0 Å². The van der Waals surface area contributed by atoms with Crippen molar-refractivity contribution in [2.24, 2.45) is 0 Å². The maximum Gasteiger partial charge on any atom is 0.346 e. The van der Waals surface area contributed by atoms with Gasteiger partial charge in [-0.2, -0.15) is 0 Å². The first kappa shape index (κ1) is 15.6. The molecule has 0 saturated heterocycles. The first-order valence-electron chi connectivity index (χ1n) is 5.95. The van der Waals surface area contributed by atoms with Crippen LogP contribution < -0.4 is 10.0 Å². The number of fused-ring (bicyclic) bond motifs is 1. The molecular weight excluding hydrogens is 316 g/mol. The molecule has 0 bridgehead atoms. The normalized spacial score (nSPS) is 11.7. The van der Waals surface area contributed by atoms with Crippen LogP contribution >= 0.6 is 11.3 Å². The minimum Gasteiger partial charge on any atom is -0.477 e. The third kappa shape index (κ3) is 3.65. The summed E-state index contributed by atoms with van der Waals surface area (Å²) in [7, 11) is -3.23. The monoisotopic (exact) mass is 330 g/mol. The fraction of sp³-hybridized carbons (Fsp3) is 0.364. The summed E-state index contributed by atoms with van der Waals surface area (Å²) >= 11 is 1.09. The molecule has 0 atom stereocenters. The quantitative estimate of drug-likeness (QED) is 0.665. The van der Waals surface area contributed by atoms with Crippen molar-refractivity contribution in [3.63, 3.8) is 0 Å². The van der Waals surface area contributed by atoms with Crippen molar-refractivity contribution < 1.29 is 18.3 Å². The van der Waals surface area contributed by atoms with Gasteiger partial charge in [-0.15, -0.1) is 11.3 Å². The zero-order valence-electron chi connectivity index (χ0n) is 11.4. The number of nitrogens with zero attached hydrogens (tertiary/aromatic N) is 2. The van der Waals surface area contributed by atoms with E-state index >= 15 is 0 Å². The van der Waals surface area contributed by atoms with Crippen LogP contribution in [0.5, 0.6) is 0 Å². The van der Waals surface area contributed by atoms with E-state index in [2.05, 4.69) is 20.0 Å². The van der Waals surface area contributed by atoms with Crippen LogP contribution in [0, 0.1) is 6.92 Å². The minimum absolute atomic E-state index is 0.208. The molecule has 2 aromatic heterocycles. The Bertz CT molecular complexity index is 785. The average molecular weight is 330 g/mol. The van der Waals surface area contributed by atoms with E-state index in [1.54, 1.807) is 6.92 Å². The van der Waals surface area contributed by atoms with Crippen LogP contribution in [0.1, 0.15) is 15.2 Å². The molecule has 0 unspecified atom stereocenters. The fourth-order valence-corrected chi connectivity index (χ4v) is 3.29. The summed E-state index contributed by atoms with van der Waals surface area (Å²) in [6.07, 6.45) is 2.42. The van der Waals surface area contributed by atoms with Gasteiger partial charge in [0.15, 0.2) is 0 Å². The van der Waals surface area contributed by atoms with Gasteiger partial charge in [0.2, 0.25) is 10.0 Å². The number of anilines is 1. The predicted molar refractivity (Wildman–Crippen MR) is 80.4 cm³/mol. The van der Waals surface area contributed by atoms with Crippen molar-refractivity contribution in [3.8, 4) is 0 Å². The predicted octanol–water partition coefficient (Wildman–Crippen LogP) is 0.659. The zero-order valence-corrected chi connectivity index (χ0v) is 13.0. The first-order chi connectivity index (χ1) is 9.79. The number of carboxylic acid groups (broad SMARTS) is 1. The van der Waals surface area contributed by atoms with E-state index < -0.39 is 16.0 Å². The number of nitrogens with one attached hydrogen (secondary N) is 2. The highest BCUT2D eigenvalue weighted by molar-refractivity contribution is 7.88. The summed E-state index contributed by atoms with van der Waals surface area (Å²) in [5.41, 5.74) is 0.599. The summed E-state index contributed by atoms with van der Waals surface area (Å²) in [5, 5.41) is 12.8. The van der Waals surface area contributed by atoms with E-state index in [1.165, 1.54) is 6.33 Å². The number of carboxylic acids is 1. The lowest BCUT2D eigenvalue weighted by Gasteiger charge is -2.07. The van der Waals surface area contributed by atoms with Gasteiger partial charge < -0.3 is 10.4 Å².